The minimum absolute atomic E-state index is 0.0641. The minimum atomic E-state index is 0.0641. The van der Waals surface area contributed by atoms with E-state index in [0.717, 1.165) is 137 Å². The highest BCUT2D eigenvalue weighted by molar-refractivity contribution is 6.00. The zero-order valence-corrected chi connectivity index (χ0v) is 40.7. The van der Waals surface area contributed by atoms with Gasteiger partial charge >= 0.3 is 0 Å². The fraction of sp³-hybridized carbons (Fsp3) is 0.397. The van der Waals surface area contributed by atoms with E-state index in [1.165, 1.54) is 48.6 Å². The average molecular weight is 890 g/mol. The molecule has 0 bridgehead atoms. The van der Waals surface area contributed by atoms with Crippen LogP contribution in [0.4, 0.5) is 5.69 Å². The van der Waals surface area contributed by atoms with E-state index in [1.807, 2.05) is 30.1 Å². The average Bonchev–Trinajstić information content (AvgIpc) is 3.66. The highest BCUT2D eigenvalue weighted by Gasteiger charge is 2.36. The number of pyridine rings is 1. The van der Waals surface area contributed by atoms with Crippen LogP contribution >= 0.6 is 0 Å². The van der Waals surface area contributed by atoms with Crippen LogP contribution in [0.15, 0.2) is 122 Å². The van der Waals surface area contributed by atoms with Crippen molar-refractivity contribution in [2.24, 2.45) is 17.6 Å². The number of rotatable bonds is 18. The van der Waals surface area contributed by atoms with E-state index >= 15 is 0 Å². The van der Waals surface area contributed by atoms with Gasteiger partial charge in [-0.1, -0.05) is 146 Å². The van der Waals surface area contributed by atoms with Crippen molar-refractivity contribution >= 4 is 23.5 Å². The topological polar surface area (TPSA) is 110 Å². The number of piperidine rings is 1. The Hall–Kier alpha value is -6.15. The Balaban J connectivity index is 0.000000236. The molecule has 66 heavy (non-hydrogen) atoms. The molecule has 2 unspecified atom stereocenters. The number of anilines is 1. The summed E-state index contributed by atoms with van der Waals surface area (Å²) in [6, 6.07) is 23.1. The van der Waals surface area contributed by atoms with Gasteiger partial charge in [-0.2, -0.15) is 0 Å². The van der Waals surface area contributed by atoms with Gasteiger partial charge in [0.25, 0.3) is 5.91 Å². The van der Waals surface area contributed by atoms with Crippen molar-refractivity contribution < 1.29 is 14.3 Å². The van der Waals surface area contributed by atoms with Crippen LogP contribution in [-0.2, 0) is 30.6 Å². The second-order valence-corrected chi connectivity index (χ2v) is 18.2. The molecule has 2 aliphatic heterocycles. The molecule has 3 heterocycles. The minimum Gasteiger partial charge on any atom is -0.496 e. The second-order valence-electron chi connectivity index (χ2n) is 18.2. The molecule has 0 saturated carbocycles. The van der Waals surface area contributed by atoms with Gasteiger partial charge in [-0.05, 0) is 120 Å². The van der Waals surface area contributed by atoms with E-state index in [1.54, 1.807) is 7.11 Å². The van der Waals surface area contributed by atoms with Crippen LogP contribution in [0, 0.1) is 11.8 Å². The molecule has 0 spiro atoms. The second kappa shape index (κ2) is 25.5. The molecule has 8 heteroatoms. The smallest absolute Gasteiger partial charge is 0.255 e. The lowest BCUT2D eigenvalue weighted by Crippen LogP contribution is -2.43. The van der Waals surface area contributed by atoms with E-state index in [2.05, 4.69) is 131 Å². The summed E-state index contributed by atoms with van der Waals surface area (Å²) in [7, 11) is 3.63. The Labute approximate surface area is 396 Å². The van der Waals surface area contributed by atoms with Crippen LogP contribution in [0.2, 0.25) is 0 Å². The first-order valence-electron chi connectivity index (χ1n) is 24.1. The highest BCUT2D eigenvalue weighted by Crippen LogP contribution is 2.39. The molecular formula is C58H75N5O3. The molecule has 8 nitrogen and oxygen atoms in total. The first kappa shape index (κ1) is 50.8. The summed E-state index contributed by atoms with van der Waals surface area (Å²) in [5, 5.41) is 6.54. The van der Waals surface area contributed by atoms with Crippen molar-refractivity contribution in [1.82, 2.24) is 15.2 Å². The maximum absolute atomic E-state index is 13.3. The summed E-state index contributed by atoms with van der Waals surface area (Å²) in [6.07, 6.45) is 22.3. The zero-order chi connectivity index (χ0) is 47.6. The number of hydrogen-bond donors (Lipinski definition) is 3. The molecular weight excluding hydrogens is 815 g/mol. The standard InChI is InChI=1S/C30H32N2O2.C26H38N2O.C2H5N/c1-4-10-22-15-16-23(19-29(22)34-3)26-20-28(21-11-6-5-7-12-21)32-30(24(26)17-18-33)25-13-8-9-14-27(25)31-2;1-18(2)9-6-10-19(3)11-7-12-22-13-8-14-23-17-28(26(29)25(22)23)24-16-15-20(4)27-21(24)5;1-2-3/h6,8-9,11-16,18-20,31H,4-5,7,10,17H2,1-3H3;8,13-14,18-19,24,27H,4-7,9-12,15-17H2,1-3H3;2H,1,3H2. The number of aryl methyl sites for hydroxylation is 2. The molecule has 350 valence electrons. The van der Waals surface area contributed by atoms with Gasteiger partial charge in [-0.15, -0.1) is 0 Å². The molecule has 3 aromatic carbocycles. The number of carbonyl (C=O) groups is 2. The van der Waals surface area contributed by atoms with Crippen molar-refractivity contribution in [2.75, 3.05) is 19.5 Å². The first-order valence-corrected chi connectivity index (χ1v) is 24.1. The van der Waals surface area contributed by atoms with Gasteiger partial charge in [0.05, 0.1) is 24.5 Å². The van der Waals surface area contributed by atoms with Gasteiger partial charge in [0.15, 0.2) is 0 Å². The summed E-state index contributed by atoms with van der Waals surface area (Å²) in [4.78, 5) is 32.3. The molecule has 0 radical (unpaired) electrons. The number of benzene rings is 3. The number of methoxy groups -OCH3 is 1. The molecule has 1 aromatic heterocycles. The predicted molar refractivity (Wildman–Crippen MR) is 277 cm³/mol. The van der Waals surface area contributed by atoms with Crippen molar-refractivity contribution in [1.29, 1.82) is 0 Å². The number of nitrogens with two attached hydrogens (primary N) is 1. The van der Waals surface area contributed by atoms with Crippen LogP contribution in [0.25, 0.3) is 28.0 Å². The molecule has 4 N–H and O–H groups in total. The summed E-state index contributed by atoms with van der Waals surface area (Å²) in [6.45, 7) is 21.1. The third-order valence-corrected chi connectivity index (χ3v) is 12.8. The Morgan fingerprint density at radius 2 is 1.74 bits per heavy atom. The number of ether oxygens (including phenoxy) is 1. The summed E-state index contributed by atoms with van der Waals surface area (Å²) in [5.74, 6) is 2.63. The Morgan fingerprint density at radius 1 is 0.970 bits per heavy atom. The van der Waals surface area contributed by atoms with Gasteiger partial charge in [-0.25, -0.2) is 4.98 Å². The third kappa shape index (κ3) is 13.2. The first-order chi connectivity index (χ1) is 32.0. The SMILES string of the molecule is C=C1CCC(N2Cc3cccc(CCCC(C)CCCC(C)C)c3C2=O)C(=C)N1.C=CN.CCCc1ccc(-c2cc(C3=CCCC=C3)nc(-c3ccccc3NC)c2CC=O)cc1OC. The number of nitrogens with zero attached hydrogens (tertiary/aromatic N) is 2. The quantitative estimate of drug-likeness (QED) is 0.0854. The summed E-state index contributed by atoms with van der Waals surface area (Å²) < 4.78 is 5.74. The van der Waals surface area contributed by atoms with Crippen LogP contribution in [0.3, 0.4) is 0 Å². The number of allylic oxidation sites excluding steroid dienone is 5. The maximum Gasteiger partial charge on any atom is 0.255 e. The lowest BCUT2D eigenvalue weighted by atomic mass is 9.90. The van der Waals surface area contributed by atoms with Gasteiger partial charge < -0.3 is 30.8 Å². The van der Waals surface area contributed by atoms with E-state index < -0.39 is 0 Å². The molecule has 1 aliphatic carbocycles. The van der Waals surface area contributed by atoms with Gasteiger partial charge in [0.2, 0.25) is 0 Å². The van der Waals surface area contributed by atoms with Crippen molar-refractivity contribution in [3.8, 4) is 28.1 Å². The normalized spacial score (nSPS) is 15.7. The van der Waals surface area contributed by atoms with Crippen molar-refractivity contribution in [2.45, 2.75) is 124 Å². The van der Waals surface area contributed by atoms with E-state index in [-0.39, 0.29) is 18.4 Å². The highest BCUT2D eigenvalue weighted by atomic mass is 16.5. The van der Waals surface area contributed by atoms with Crippen LogP contribution in [-0.4, -0.2) is 42.3 Å². The summed E-state index contributed by atoms with van der Waals surface area (Å²) in [5.41, 5.74) is 18.9. The Bertz CT molecular complexity index is 2370. The van der Waals surface area contributed by atoms with Crippen LogP contribution in [0.1, 0.15) is 130 Å². The lowest BCUT2D eigenvalue weighted by molar-refractivity contribution is -0.107. The fourth-order valence-electron chi connectivity index (χ4n) is 9.37. The number of amides is 1. The number of hydrogen-bond acceptors (Lipinski definition) is 7. The molecule has 2 atom stereocenters. The van der Waals surface area contributed by atoms with Gasteiger partial charge in [-0.3, -0.25) is 4.79 Å². The van der Waals surface area contributed by atoms with Crippen molar-refractivity contribution in [3.05, 3.63) is 156 Å². The van der Waals surface area contributed by atoms with E-state index in [4.69, 9.17) is 9.72 Å². The monoisotopic (exact) mass is 890 g/mol. The van der Waals surface area contributed by atoms with E-state index in [0.29, 0.717) is 6.54 Å². The number of nitrogens with one attached hydrogen (secondary N) is 2. The van der Waals surface area contributed by atoms with Crippen LogP contribution < -0.4 is 21.1 Å². The summed E-state index contributed by atoms with van der Waals surface area (Å²) >= 11 is 0. The van der Waals surface area contributed by atoms with E-state index in [9.17, 15) is 9.59 Å². The number of aromatic nitrogens is 1. The fourth-order valence-corrected chi connectivity index (χ4v) is 9.37. The predicted octanol–water partition coefficient (Wildman–Crippen LogP) is 13.2. The number of carbonyl (C=O) groups excluding carboxylic acids is 2. The lowest BCUT2D eigenvalue weighted by Gasteiger charge is -2.34. The largest absolute Gasteiger partial charge is 0.496 e. The van der Waals surface area contributed by atoms with Crippen molar-refractivity contribution in [3.63, 3.8) is 0 Å². The molecule has 4 aromatic rings. The zero-order valence-electron chi connectivity index (χ0n) is 40.7. The molecule has 1 amide bonds. The van der Waals surface area contributed by atoms with Crippen LogP contribution in [0.5, 0.6) is 5.75 Å². The van der Waals surface area contributed by atoms with Gasteiger partial charge in [0, 0.05) is 48.2 Å². The number of fused-ring (bicyclic) bond motifs is 1. The Morgan fingerprint density at radius 3 is 2.42 bits per heavy atom. The molecule has 3 aliphatic rings. The molecule has 7 rings (SSSR count). The molecule has 1 saturated heterocycles. The number of aldehydes is 1. The number of para-hydroxylation sites is 1. The van der Waals surface area contributed by atoms with Gasteiger partial charge in [0.1, 0.15) is 12.0 Å². The molecule has 1 fully saturated rings. The maximum atomic E-state index is 13.3. The third-order valence-electron chi connectivity index (χ3n) is 12.8. The Kier molecular flexibility index (Phi) is 19.7.